The second kappa shape index (κ2) is 9.44. The minimum atomic E-state index is -1.04. The average Bonchev–Trinajstić information content (AvgIpc) is 3.14. The monoisotopic (exact) mass is 434 g/mol. The first kappa shape index (κ1) is 23.3. The summed E-state index contributed by atoms with van der Waals surface area (Å²) >= 11 is 0. The van der Waals surface area contributed by atoms with Crippen molar-refractivity contribution in [3.05, 3.63) is 35.9 Å². The van der Waals surface area contributed by atoms with E-state index in [1.165, 1.54) is 10.0 Å². The molecule has 0 aliphatic carbocycles. The van der Waals surface area contributed by atoms with Crippen molar-refractivity contribution in [2.45, 2.75) is 78.0 Å². The Hall–Kier alpha value is -2.32. The number of hydrogen-bond donors (Lipinski definition) is 0. The molecule has 2 aliphatic heterocycles. The first-order valence-electron chi connectivity index (χ1n) is 11.0. The molecule has 172 valence electrons. The molecule has 0 radical (unpaired) electrons. The summed E-state index contributed by atoms with van der Waals surface area (Å²) in [7, 11) is 0. The van der Waals surface area contributed by atoms with E-state index in [2.05, 4.69) is 0 Å². The third-order valence-electron chi connectivity index (χ3n) is 5.36. The van der Waals surface area contributed by atoms with Crippen LogP contribution in [0.3, 0.4) is 0 Å². The average molecular weight is 435 g/mol. The van der Waals surface area contributed by atoms with Crippen LogP contribution in [0, 0.1) is 5.92 Å². The highest BCUT2D eigenvalue weighted by Crippen LogP contribution is 2.47. The van der Waals surface area contributed by atoms with Gasteiger partial charge in [0.1, 0.15) is 6.04 Å². The van der Waals surface area contributed by atoms with Gasteiger partial charge in [0.25, 0.3) is 0 Å². The maximum atomic E-state index is 13.4. The Morgan fingerprint density at radius 3 is 1.90 bits per heavy atom. The van der Waals surface area contributed by atoms with Gasteiger partial charge in [0.2, 0.25) is 0 Å². The molecule has 3 rings (SSSR count). The summed E-state index contributed by atoms with van der Waals surface area (Å²) in [5.41, 5.74) is 0.853. The Kier molecular flexibility index (Phi) is 7.11. The van der Waals surface area contributed by atoms with E-state index in [9.17, 15) is 9.59 Å². The summed E-state index contributed by atoms with van der Waals surface area (Å²) in [6, 6.07) is 8.45. The predicted molar refractivity (Wildman–Crippen MR) is 114 cm³/mol. The molecule has 0 bridgehead atoms. The molecule has 2 heterocycles. The SMILES string of the molecule is CC(C)OC(=O)N1[C@H](c2ccccc2)CC2(OCCO2)[C@@H](C(C)C)N1C(=O)OC(C)C. The predicted octanol–water partition coefficient (Wildman–Crippen LogP) is 4.51. The normalized spacial score (nSPS) is 23.1. The zero-order valence-corrected chi connectivity index (χ0v) is 19.2. The number of ether oxygens (including phenoxy) is 4. The lowest BCUT2D eigenvalue weighted by Gasteiger charge is -2.54. The quantitative estimate of drug-likeness (QED) is 0.694. The molecule has 2 aliphatic rings. The summed E-state index contributed by atoms with van der Waals surface area (Å²) in [6.07, 6.45) is -1.57. The van der Waals surface area contributed by atoms with E-state index in [0.29, 0.717) is 19.6 Å². The number of hydrazine groups is 1. The molecule has 2 saturated heterocycles. The Morgan fingerprint density at radius 1 is 0.903 bits per heavy atom. The molecule has 1 aromatic rings. The molecule has 8 nitrogen and oxygen atoms in total. The number of carbonyl (C=O) groups is 2. The fourth-order valence-corrected chi connectivity index (χ4v) is 4.36. The molecule has 1 spiro atoms. The van der Waals surface area contributed by atoms with Gasteiger partial charge in [-0.1, -0.05) is 44.2 Å². The lowest BCUT2D eigenvalue weighted by atomic mass is 9.85. The Morgan fingerprint density at radius 2 is 1.42 bits per heavy atom. The van der Waals surface area contributed by atoms with Gasteiger partial charge in [-0.3, -0.25) is 0 Å². The highest BCUT2D eigenvalue weighted by atomic mass is 16.7. The van der Waals surface area contributed by atoms with Crippen LogP contribution in [-0.4, -0.2) is 59.5 Å². The Labute approximate surface area is 184 Å². The van der Waals surface area contributed by atoms with E-state index in [-0.39, 0.29) is 18.1 Å². The number of nitrogens with zero attached hydrogens (tertiary/aromatic N) is 2. The van der Waals surface area contributed by atoms with Gasteiger partial charge in [-0.2, -0.15) is 0 Å². The maximum absolute atomic E-state index is 13.4. The second-order valence-electron chi connectivity index (χ2n) is 8.88. The first-order chi connectivity index (χ1) is 14.7. The minimum Gasteiger partial charge on any atom is -0.445 e. The first-order valence-corrected chi connectivity index (χ1v) is 11.0. The van der Waals surface area contributed by atoms with Crippen LogP contribution >= 0.6 is 0 Å². The smallest absolute Gasteiger partial charge is 0.429 e. The molecular weight excluding hydrogens is 400 g/mol. The molecule has 0 aromatic heterocycles. The minimum absolute atomic E-state index is 0.0797. The molecule has 0 unspecified atom stereocenters. The number of carbonyl (C=O) groups excluding carboxylic acids is 2. The molecule has 0 N–H and O–H groups in total. The molecule has 2 fully saturated rings. The van der Waals surface area contributed by atoms with Crippen molar-refractivity contribution in [3.63, 3.8) is 0 Å². The van der Waals surface area contributed by atoms with Crippen LogP contribution in [-0.2, 0) is 18.9 Å². The molecule has 2 atom stereocenters. The molecule has 0 saturated carbocycles. The van der Waals surface area contributed by atoms with E-state index in [1.807, 2.05) is 44.2 Å². The van der Waals surface area contributed by atoms with Crippen LogP contribution in [0.2, 0.25) is 0 Å². The van der Waals surface area contributed by atoms with E-state index in [4.69, 9.17) is 18.9 Å². The van der Waals surface area contributed by atoms with Gasteiger partial charge in [-0.05, 0) is 39.2 Å². The lowest BCUT2D eigenvalue weighted by molar-refractivity contribution is -0.277. The fraction of sp³-hybridized carbons (Fsp3) is 0.652. The maximum Gasteiger partial charge on any atom is 0.429 e. The van der Waals surface area contributed by atoms with Crippen LogP contribution in [0.1, 0.15) is 59.6 Å². The van der Waals surface area contributed by atoms with Crippen LogP contribution in [0.4, 0.5) is 9.59 Å². The van der Waals surface area contributed by atoms with E-state index < -0.39 is 30.1 Å². The van der Waals surface area contributed by atoms with Gasteiger partial charge in [0, 0.05) is 6.42 Å². The van der Waals surface area contributed by atoms with E-state index >= 15 is 0 Å². The summed E-state index contributed by atoms with van der Waals surface area (Å²) in [4.78, 5) is 26.7. The molecule has 31 heavy (non-hydrogen) atoms. The topological polar surface area (TPSA) is 77.5 Å². The van der Waals surface area contributed by atoms with Crippen molar-refractivity contribution in [2.24, 2.45) is 5.92 Å². The van der Waals surface area contributed by atoms with Gasteiger partial charge in [0.05, 0.1) is 31.5 Å². The van der Waals surface area contributed by atoms with Crippen molar-refractivity contribution < 1.29 is 28.5 Å². The summed E-state index contributed by atoms with van der Waals surface area (Å²) in [5.74, 6) is -1.12. The molecule has 8 heteroatoms. The summed E-state index contributed by atoms with van der Waals surface area (Å²) < 4.78 is 23.4. The number of rotatable bonds is 4. The van der Waals surface area contributed by atoms with Crippen LogP contribution in [0.15, 0.2) is 30.3 Å². The van der Waals surface area contributed by atoms with Crippen LogP contribution in [0.25, 0.3) is 0 Å². The van der Waals surface area contributed by atoms with Crippen molar-refractivity contribution in [2.75, 3.05) is 13.2 Å². The largest absolute Gasteiger partial charge is 0.445 e. The van der Waals surface area contributed by atoms with Gasteiger partial charge >= 0.3 is 12.2 Å². The Balaban J connectivity index is 2.15. The highest BCUT2D eigenvalue weighted by molar-refractivity contribution is 5.76. The second-order valence-corrected chi connectivity index (χ2v) is 8.88. The van der Waals surface area contributed by atoms with Crippen molar-refractivity contribution >= 4 is 12.2 Å². The molecule has 2 amide bonds. The fourth-order valence-electron chi connectivity index (χ4n) is 4.36. The zero-order valence-electron chi connectivity index (χ0n) is 19.2. The van der Waals surface area contributed by atoms with Gasteiger partial charge in [0.15, 0.2) is 5.79 Å². The van der Waals surface area contributed by atoms with Crippen molar-refractivity contribution in [3.8, 4) is 0 Å². The van der Waals surface area contributed by atoms with Crippen molar-refractivity contribution in [1.82, 2.24) is 10.0 Å². The molecular formula is C23H34N2O6. The highest BCUT2D eigenvalue weighted by Gasteiger charge is 2.60. The van der Waals surface area contributed by atoms with Crippen LogP contribution in [0.5, 0.6) is 0 Å². The zero-order chi connectivity index (χ0) is 22.8. The van der Waals surface area contributed by atoms with Gasteiger partial charge in [-0.25, -0.2) is 19.6 Å². The van der Waals surface area contributed by atoms with Crippen LogP contribution < -0.4 is 0 Å². The molecule has 1 aromatic carbocycles. The Bertz CT molecular complexity index is 761. The third kappa shape index (κ3) is 4.80. The third-order valence-corrected chi connectivity index (χ3v) is 5.36. The summed E-state index contributed by atoms with van der Waals surface area (Å²) in [5, 5.41) is 2.75. The number of benzene rings is 1. The van der Waals surface area contributed by atoms with E-state index in [1.54, 1.807) is 27.7 Å². The summed E-state index contributed by atoms with van der Waals surface area (Å²) in [6.45, 7) is 11.9. The number of amides is 2. The number of hydrogen-bond acceptors (Lipinski definition) is 6. The van der Waals surface area contributed by atoms with Gasteiger partial charge < -0.3 is 18.9 Å². The standard InChI is InChI=1S/C23H34N2O6/c1-15(2)20-23(28-12-13-29-23)14-19(18-10-8-7-9-11-18)24(21(26)30-16(3)4)25(20)22(27)31-17(5)6/h7-11,15-17,19-20H,12-14H2,1-6H3/t19-,20+/m0/s1. The lowest BCUT2D eigenvalue weighted by Crippen LogP contribution is -2.70. The van der Waals surface area contributed by atoms with Crippen molar-refractivity contribution in [1.29, 1.82) is 0 Å². The van der Waals surface area contributed by atoms with E-state index in [0.717, 1.165) is 5.56 Å². The van der Waals surface area contributed by atoms with Gasteiger partial charge in [-0.15, -0.1) is 0 Å².